The predicted octanol–water partition coefficient (Wildman–Crippen LogP) is 7.77. The molecule has 0 spiro atoms. The lowest BCUT2D eigenvalue weighted by Gasteiger charge is -2.41. The fourth-order valence-corrected chi connectivity index (χ4v) is 5.65. The summed E-state index contributed by atoms with van der Waals surface area (Å²) in [5.74, 6) is -0.380. The molecule has 4 rings (SSSR count). The summed E-state index contributed by atoms with van der Waals surface area (Å²) in [4.78, 5) is 29.0. The van der Waals surface area contributed by atoms with Crippen molar-refractivity contribution in [2.45, 2.75) is 89.1 Å². The first kappa shape index (κ1) is 34.4. The number of carbonyl (C=O) groups excluding carboxylic acids is 2. The first-order valence-corrected chi connectivity index (χ1v) is 14.9. The van der Waals surface area contributed by atoms with Gasteiger partial charge >= 0.3 is 24.5 Å². The maximum absolute atomic E-state index is 13.5. The lowest BCUT2D eigenvalue weighted by molar-refractivity contribution is -0.143. The minimum absolute atomic E-state index is 0.0987. The number of likely N-dealkylation sites (tertiary alicyclic amines) is 2. The Balaban J connectivity index is 1.44. The third-order valence-electron chi connectivity index (χ3n) is 8.00. The van der Waals surface area contributed by atoms with Crippen LogP contribution < -0.4 is 5.32 Å². The maximum atomic E-state index is 13.5. The van der Waals surface area contributed by atoms with Gasteiger partial charge in [0.25, 0.3) is 0 Å². The van der Waals surface area contributed by atoms with Crippen LogP contribution in [0.15, 0.2) is 48.5 Å². The quantitative estimate of drug-likeness (QED) is 0.338. The van der Waals surface area contributed by atoms with Gasteiger partial charge in [0.1, 0.15) is 5.60 Å². The predicted molar refractivity (Wildman–Crippen MR) is 154 cm³/mol. The number of benzene rings is 2. The summed E-state index contributed by atoms with van der Waals surface area (Å²) in [6.45, 7) is 8.21. The number of piperidine rings is 2. The van der Waals surface area contributed by atoms with E-state index in [1.807, 2.05) is 30.3 Å². The highest BCUT2D eigenvalue weighted by molar-refractivity contribution is 5.75. The SMILES string of the molecule is C[C@@H](O[C@H]1CCN(C(=O)NC2CCN(C(=O)OC(C)(C)C)CC2)C[C@H]1c1ccccc1)c1cc(C(F)(F)F)cc(C(F)(F)F)c1. The minimum atomic E-state index is -4.96. The minimum Gasteiger partial charge on any atom is -0.444 e. The van der Waals surface area contributed by atoms with E-state index in [2.05, 4.69) is 5.32 Å². The monoisotopic (exact) mass is 643 g/mol. The largest absolute Gasteiger partial charge is 0.444 e. The Hall–Kier alpha value is -3.48. The van der Waals surface area contributed by atoms with Crippen molar-refractivity contribution in [1.82, 2.24) is 15.1 Å². The summed E-state index contributed by atoms with van der Waals surface area (Å²) in [6, 6.07) is 10.2. The number of halogens is 6. The highest BCUT2D eigenvalue weighted by Gasteiger charge is 2.39. The van der Waals surface area contributed by atoms with Crippen LogP contribution in [-0.4, -0.2) is 65.9 Å². The van der Waals surface area contributed by atoms with Gasteiger partial charge in [0.2, 0.25) is 0 Å². The number of nitrogens with one attached hydrogen (secondary N) is 1. The Morgan fingerprint density at radius 3 is 1.93 bits per heavy atom. The maximum Gasteiger partial charge on any atom is 0.416 e. The second-order valence-corrected chi connectivity index (χ2v) is 12.6. The number of ether oxygens (including phenoxy) is 2. The molecule has 0 aliphatic carbocycles. The zero-order valence-corrected chi connectivity index (χ0v) is 25.7. The van der Waals surface area contributed by atoms with Crippen LogP contribution in [0.4, 0.5) is 35.9 Å². The molecule has 0 bridgehead atoms. The molecule has 2 saturated heterocycles. The van der Waals surface area contributed by atoms with Gasteiger partial charge in [-0.1, -0.05) is 30.3 Å². The van der Waals surface area contributed by atoms with Crippen LogP contribution in [0.3, 0.4) is 0 Å². The van der Waals surface area contributed by atoms with E-state index in [-0.39, 0.29) is 42.7 Å². The lowest BCUT2D eigenvalue weighted by Crippen LogP contribution is -2.54. The topological polar surface area (TPSA) is 71.1 Å². The van der Waals surface area contributed by atoms with E-state index in [4.69, 9.17) is 9.47 Å². The smallest absolute Gasteiger partial charge is 0.416 e. The second-order valence-electron chi connectivity index (χ2n) is 12.6. The molecule has 1 N–H and O–H groups in total. The first-order chi connectivity index (χ1) is 20.9. The van der Waals surface area contributed by atoms with Crippen LogP contribution in [0.25, 0.3) is 0 Å². The number of alkyl halides is 6. The first-order valence-electron chi connectivity index (χ1n) is 14.9. The normalized spacial score (nSPS) is 20.9. The fraction of sp³-hybridized carbons (Fsp3) is 0.562. The standard InChI is InChI=1S/C32H39F6N3O4/c1-20(22-16-23(31(33,34)35)18-24(17-22)32(36,37)38)44-27-12-15-41(19-26(27)21-8-6-5-7-9-21)28(42)39-25-10-13-40(14-11-25)29(43)45-30(2,3)4/h5-9,16-18,20,25-27H,10-15,19H2,1-4H3,(H,39,42)/t20-,26+,27+/m1/s1. The molecule has 0 saturated carbocycles. The zero-order chi connectivity index (χ0) is 33.2. The highest BCUT2D eigenvalue weighted by atomic mass is 19.4. The Morgan fingerprint density at radius 1 is 0.844 bits per heavy atom. The Bertz CT molecular complexity index is 1290. The number of hydrogen-bond acceptors (Lipinski definition) is 4. The summed E-state index contributed by atoms with van der Waals surface area (Å²) in [6.07, 6.45) is -10.6. The molecule has 3 amide bonds. The third-order valence-corrected chi connectivity index (χ3v) is 8.00. The van der Waals surface area contributed by atoms with Gasteiger partial charge in [-0.3, -0.25) is 0 Å². The number of rotatable bonds is 5. The second kappa shape index (κ2) is 13.5. The third kappa shape index (κ3) is 9.27. The highest BCUT2D eigenvalue weighted by Crippen LogP contribution is 2.39. The molecule has 2 aliphatic heterocycles. The molecule has 2 heterocycles. The van der Waals surface area contributed by atoms with E-state index in [1.165, 1.54) is 6.92 Å². The van der Waals surface area contributed by atoms with E-state index in [0.717, 1.165) is 5.56 Å². The summed E-state index contributed by atoms with van der Waals surface area (Å²) < 4.78 is 92.4. The van der Waals surface area contributed by atoms with Crippen molar-refractivity contribution >= 4 is 12.1 Å². The molecular weight excluding hydrogens is 604 g/mol. The van der Waals surface area contributed by atoms with Gasteiger partial charge in [-0.2, -0.15) is 26.3 Å². The average Bonchev–Trinajstić information content (AvgIpc) is 2.96. The van der Waals surface area contributed by atoms with Crippen molar-refractivity contribution in [2.75, 3.05) is 26.2 Å². The summed E-state index contributed by atoms with van der Waals surface area (Å²) in [5.41, 5.74) is -2.80. The van der Waals surface area contributed by atoms with Crippen molar-refractivity contribution in [3.05, 3.63) is 70.8 Å². The summed E-state index contributed by atoms with van der Waals surface area (Å²) in [5, 5.41) is 3.04. The van der Waals surface area contributed by atoms with E-state index >= 15 is 0 Å². The summed E-state index contributed by atoms with van der Waals surface area (Å²) >= 11 is 0. The van der Waals surface area contributed by atoms with Crippen LogP contribution in [-0.2, 0) is 21.8 Å². The Kier molecular flexibility index (Phi) is 10.3. The van der Waals surface area contributed by atoms with E-state index in [1.54, 1.807) is 30.6 Å². The molecule has 0 aromatic heterocycles. The van der Waals surface area contributed by atoms with Crippen molar-refractivity contribution in [3.8, 4) is 0 Å². The van der Waals surface area contributed by atoms with Gasteiger partial charge in [0.05, 0.1) is 23.3 Å². The molecule has 248 valence electrons. The van der Waals surface area contributed by atoms with Gasteiger partial charge in [0.15, 0.2) is 0 Å². The van der Waals surface area contributed by atoms with E-state index in [9.17, 15) is 35.9 Å². The van der Waals surface area contributed by atoms with Gasteiger partial charge in [-0.05, 0) is 76.3 Å². The number of urea groups is 1. The van der Waals surface area contributed by atoms with Crippen LogP contribution in [0.5, 0.6) is 0 Å². The lowest BCUT2D eigenvalue weighted by atomic mass is 9.87. The van der Waals surface area contributed by atoms with Crippen LogP contribution >= 0.6 is 0 Å². The molecule has 13 heteroatoms. The van der Waals surface area contributed by atoms with Crippen molar-refractivity contribution in [1.29, 1.82) is 0 Å². The Labute approximate surface area is 258 Å². The van der Waals surface area contributed by atoms with E-state index in [0.29, 0.717) is 44.5 Å². The van der Waals surface area contributed by atoms with Crippen LogP contribution in [0.1, 0.15) is 81.2 Å². The molecular formula is C32H39F6N3O4. The van der Waals surface area contributed by atoms with Gasteiger partial charge < -0.3 is 24.6 Å². The number of hydrogen-bond donors (Lipinski definition) is 1. The van der Waals surface area contributed by atoms with Crippen molar-refractivity contribution in [3.63, 3.8) is 0 Å². The number of carbonyl (C=O) groups is 2. The number of amides is 3. The van der Waals surface area contributed by atoms with Crippen molar-refractivity contribution in [2.24, 2.45) is 0 Å². The van der Waals surface area contributed by atoms with Gasteiger partial charge in [0, 0.05) is 38.1 Å². The van der Waals surface area contributed by atoms with Gasteiger partial charge in [-0.25, -0.2) is 9.59 Å². The fourth-order valence-electron chi connectivity index (χ4n) is 5.65. The van der Waals surface area contributed by atoms with Crippen LogP contribution in [0, 0.1) is 0 Å². The van der Waals surface area contributed by atoms with Gasteiger partial charge in [-0.15, -0.1) is 0 Å². The molecule has 2 aromatic carbocycles. The molecule has 2 aromatic rings. The number of nitrogens with zero attached hydrogens (tertiary/aromatic N) is 2. The molecule has 0 unspecified atom stereocenters. The average molecular weight is 644 g/mol. The molecule has 3 atom stereocenters. The molecule has 0 radical (unpaired) electrons. The van der Waals surface area contributed by atoms with Crippen LogP contribution in [0.2, 0.25) is 0 Å². The van der Waals surface area contributed by atoms with E-state index < -0.39 is 47.4 Å². The zero-order valence-electron chi connectivity index (χ0n) is 25.7. The Morgan fingerprint density at radius 2 is 1.40 bits per heavy atom. The molecule has 45 heavy (non-hydrogen) atoms. The molecule has 7 nitrogen and oxygen atoms in total. The van der Waals surface area contributed by atoms with Crippen molar-refractivity contribution < 1.29 is 45.4 Å². The summed E-state index contributed by atoms with van der Waals surface area (Å²) in [7, 11) is 0. The molecule has 2 fully saturated rings. The molecule has 2 aliphatic rings.